The van der Waals surface area contributed by atoms with Gasteiger partial charge in [0.05, 0.1) is 5.69 Å². The molecular formula is C14H13FN2S. The van der Waals surface area contributed by atoms with Gasteiger partial charge in [0, 0.05) is 5.69 Å². The van der Waals surface area contributed by atoms with E-state index in [9.17, 15) is 4.39 Å². The number of nitrogens with one attached hydrogen (secondary N) is 2. The summed E-state index contributed by atoms with van der Waals surface area (Å²) in [5, 5.41) is 6.24. The Labute approximate surface area is 111 Å². The summed E-state index contributed by atoms with van der Waals surface area (Å²) in [6, 6.07) is 14.4. The number of rotatable bonds is 2. The van der Waals surface area contributed by atoms with Crippen molar-refractivity contribution in [2.24, 2.45) is 0 Å². The Morgan fingerprint density at radius 2 is 1.72 bits per heavy atom. The summed E-state index contributed by atoms with van der Waals surface area (Å²) in [5.41, 5.74) is 2.09. The van der Waals surface area contributed by atoms with E-state index in [0.717, 1.165) is 11.3 Å². The Morgan fingerprint density at radius 3 is 2.39 bits per heavy atom. The molecule has 2 aromatic carbocycles. The van der Waals surface area contributed by atoms with Gasteiger partial charge in [0.1, 0.15) is 5.82 Å². The van der Waals surface area contributed by atoms with Gasteiger partial charge in [-0.05, 0) is 42.9 Å². The lowest BCUT2D eigenvalue weighted by atomic mass is 10.2. The molecule has 0 fully saturated rings. The molecule has 2 nitrogen and oxygen atoms in total. The highest BCUT2D eigenvalue weighted by atomic mass is 32.1. The van der Waals surface area contributed by atoms with Gasteiger partial charge < -0.3 is 10.6 Å². The second kappa shape index (κ2) is 5.60. The molecule has 0 spiro atoms. The average molecular weight is 260 g/mol. The lowest BCUT2D eigenvalue weighted by Gasteiger charge is -2.13. The van der Waals surface area contributed by atoms with E-state index in [-0.39, 0.29) is 5.82 Å². The largest absolute Gasteiger partial charge is 0.332 e. The molecule has 0 heterocycles. The molecule has 0 saturated heterocycles. The molecular weight excluding hydrogens is 247 g/mol. The van der Waals surface area contributed by atoms with Crippen LogP contribution in [0.2, 0.25) is 0 Å². The summed E-state index contributed by atoms with van der Waals surface area (Å²) in [4.78, 5) is 0. The van der Waals surface area contributed by atoms with Crippen molar-refractivity contribution in [1.29, 1.82) is 0 Å². The fraction of sp³-hybridized carbons (Fsp3) is 0.0714. The fourth-order valence-electron chi connectivity index (χ4n) is 1.59. The van der Waals surface area contributed by atoms with Crippen molar-refractivity contribution in [3.63, 3.8) is 0 Å². The summed E-state index contributed by atoms with van der Waals surface area (Å²) in [5.74, 6) is -0.313. The molecule has 2 rings (SSSR count). The number of hydrogen-bond donors (Lipinski definition) is 2. The molecule has 0 amide bonds. The van der Waals surface area contributed by atoms with Gasteiger partial charge in [0.15, 0.2) is 5.11 Å². The third-order valence-electron chi connectivity index (χ3n) is 2.49. The van der Waals surface area contributed by atoms with E-state index >= 15 is 0 Å². The van der Waals surface area contributed by atoms with Crippen molar-refractivity contribution in [2.75, 3.05) is 10.6 Å². The molecule has 4 heteroatoms. The SMILES string of the molecule is Cc1cccc(F)c1NC(=S)Nc1ccccc1. The van der Waals surface area contributed by atoms with E-state index in [1.807, 2.05) is 43.3 Å². The Kier molecular flexibility index (Phi) is 3.89. The lowest BCUT2D eigenvalue weighted by molar-refractivity contribution is 0.631. The number of anilines is 2. The van der Waals surface area contributed by atoms with E-state index in [1.54, 1.807) is 6.07 Å². The number of thiocarbonyl (C=S) groups is 1. The first-order valence-corrected chi connectivity index (χ1v) is 5.96. The molecule has 0 atom stereocenters. The van der Waals surface area contributed by atoms with Crippen molar-refractivity contribution in [3.05, 3.63) is 59.9 Å². The van der Waals surface area contributed by atoms with Gasteiger partial charge >= 0.3 is 0 Å². The number of aryl methyl sites for hydroxylation is 1. The van der Waals surface area contributed by atoms with Gasteiger partial charge in [0.25, 0.3) is 0 Å². The topological polar surface area (TPSA) is 24.1 Å². The fourth-order valence-corrected chi connectivity index (χ4v) is 1.81. The van der Waals surface area contributed by atoms with Gasteiger partial charge in [-0.3, -0.25) is 0 Å². The van der Waals surface area contributed by atoms with E-state index in [4.69, 9.17) is 12.2 Å². The van der Waals surface area contributed by atoms with Gasteiger partial charge in [0.2, 0.25) is 0 Å². The maximum absolute atomic E-state index is 13.6. The molecule has 0 aliphatic rings. The predicted molar refractivity (Wildman–Crippen MR) is 77.4 cm³/mol. The van der Waals surface area contributed by atoms with Crippen LogP contribution in [-0.4, -0.2) is 5.11 Å². The molecule has 0 bridgehead atoms. The quantitative estimate of drug-likeness (QED) is 0.800. The Balaban J connectivity index is 2.08. The van der Waals surface area contributed by atoms with Crippen LogP contribution in [0.5, 0.6) is 0 Å². The van der Waals surface area contributed by atoms with E-state index < -0.39 is 0 Å². The van der Waals surface area contributed by atoms with Crippen LogP contribution in [0.1, 0.15) is 5.56 Å². The highest BCUT2D eigenvalue weighted by Gasteiger charge is 2.06. The van der Waals surface area contributed by atoms with Crippen LogP contribution in [0, 0.1) is 12.7 Å². The number of benzene rings is 2. The van der Waals surface area contributed by atoms with Crippen molar-refractivity contribution in [2.45, 2.75) is 6.92 Å². The highest BCUT2D eigenvalue weighted by Crippen LogP contribution is 2.19. The first-order chi connectivity index (χ1) is 8.66. The standard InChI is InChI=1S/C14H13FN2S/c1-10-6-5-9-12(15)13(10)17-14(18)16-11-7-3-2-4-8-11/h2-9H,1H3,(H2,16,17,18). The first-order valence-electron chi connectivity index (χ1n) is 5.55. The van der Waals surface area contributed by atoms with Crippen LogP contribution >= 0.6 is 12.2 Å². The predicted octanol–water partition coefficient (Wildman–Crippen LogP) is 3.94. The second-order valence-electron chi connectivity index (χ2n) is 3.88. The van der Waals surface area contributed by atoms with Gasteiger partial charge in [-0.25, -0.2) is 4.39 Å². The molecule has 0 aromatic heterocycles. The maximum Gasteiger partial charge on any atom is 0.175 e. The second-order valence-corrected chi connectivity index (χ2v) is 4.29. The molecule has 0 aliphatic carbocycles. The first kappa shape index (κ1) is 12.5. The number of para-hydroxylation sites is 2. The zero-order valence-electron chi connectivity index (χ0n) is 9.91. The van der Waals surface area contributed by atoms with E-state index in [2.05, 4.69) is 10.6 Å². The minimum Gasteiger partial charge on any atom is -0.332 e. The summed E-state index contributed by atoms with van der Waals surface area (Å²) < 4.78 is 13.6. The zero-order valence-corrected chi connectivity index (χ0v) is 10.7. The normalized spacial score (nSPS) is 9.89. The van der Waals surface area contributed by atoms with Gasteiger partial charge in [-0.15, -0.1) is 0 Å². The van der Waals surface area contributed by atoms with Crippen LogP contribution in [-0.2, 0) is 0 Å². The number of halogens is 1. The summed E-state index contributed by atoms with van der Waals surface area (Å²) in [6.45, 7) is 1.83. The van der Waals surface area contributed by atoms with Crippen LogP contribution in [0.25, 0.3) is 0 Å². The third kappa shape index (κ3) is 3.05. The molecule has 2 aromatic rings. The minimum atomic E-state index is -0.313. The van der Waals surface area contributed by atoms with Crippen LogP contribution < -0.4 is 10.6 Å². The van der Waals surface area contributed by atoms with Crippen LogP contribution in [0.15, 0.2) is 48.5 Å². The molecule has 0 unspecified atom stereocenters. The zero-order chi connectivity index (χ0) is 13.0. The average Bonchev–Trinajstić information content (AvgIpc) is 2.35. The maximum atomic E-state index is 13.6. The molecule has 0 saturated carbocycles. The smallest absolute Gasteiger partial charge is 0.175 e. The monoisotopic (exact) mass is 260 g/mol. The van der Waals surface area contributed by atoms with Gasteiger partial charge in [-0.2, -0.15) is 0 Å². The highest BCUT2D eigenvalue weighted by molar-refractivity contribution is 7.80. The molecule has 0 radical (unpaired) electrons. The van der Waals surface area contributed by atoms with Crippen LogP contribution in [0.4, 0.5) is 15.8 Å². The van der Waals surface area contributed by atoms with Crippen molar-refractivity contribution in [3.8, 4) is 0 Å². The van der Waals surface area contributed by atoms with Crippen molar-refractivity contribution in [1.82, 2.24) is 0 Å². The van der Waals surface area contributed by atoms with Crippen molar-refractivity contribution < 1.29 is 4.39 Å². The summed E-state index contributed by atoms with van der Waals surface area (Å²) >= 11 is 5.15. The van der Waals surface area contributed by atoms with Crippen molar-refractivity contribution >= 4 is 28.7 Å². The van der Waals surface area contributed by atoms with E-state index in [0.29, 0.717) is 10.8 Å². The van der Waals surface area contributed by atoms with Gasteiger partial charge in [-0.1, -0.05) is 30.3 Å². The summed E-state index contributed by atoms with van der Waals surface area (Å²) in [6.07, 6.45) is 0. The lowest BCUT2D eigenvalue weighted by Crippen LogP contribution is -2.20. The Morgan fingerprint density at radius 1 is 1.00 bits per heavy atom. The van der Waals surface area contributed by atoms with E-state index in [1.165, 1.54) is 6.07 Å². The molecule has 92 valence electrons. The molecule has 18 heavy (non-hydrogen) atoms. The Hall–Kier alpha value is -1.94. The third-order valence-corrected chi connectivity index (χ3v) is 2.70. The Bertz CT molecular complexity index is 535. The molecule has 0 aliphatic heterocycles. The minimum absolute atomic E-state index is 0.313. The summed E-state index contributed by atoms with van der Waals surface area (Å²) in [7, 11) is 0. The van der Waals surface area contributed by atoms with Crippen LogP contribution in [0.3, 0.4) is 0 Å². The molecule has 2 N–H and O–H groups in total. The number of hydrogen-bond acceptors (Lipinski definition) is 1.